The summed E-state index contributed by atoms with van der Waals surface area (Å²) in [5.74, 6) is 0. The lowest BCUT2D eigenvalue weighted by atomic mass is 9.98. The first-order valence-electron chi connectivity index (χ1n) is 6.20. The lowest BCUT2D eigenvalue weighted by molar-refractivity contribution is 1.33. The minimum absolute atomic E-state index is 0.791. The van der Waals surface area contributed by atoms with Gasteiger partial charge in [0.25, 0.3) is 0 Å². The molecular formula is C17H14N2. The van der Waals surface area contributed by atoms with Crippen molar-refractivity contribution in [3.8, 4) is 22.3 Å². The molecule has 0 radical (unpaired) electrons. The summed E-state index contributed by atoms with van der Waals surface area (Å²) < 4.78 is 0. The Morgan fingerprint density at radius 3 is 2.26 bits per heavy atom. The van der Waals surface area contributed by atoms with Crippen LogP contribution in [0.1, 0.15) is 0 Å². The minimum Gasteiger partial charge on any atom is -0.398 e. The van der Waals surface area contributed by atoms with Gasteiger partial charge < -0.3 is 5.73 Å². The Kier molecular flexibility index (Phi) is 2.99. The van der Waals surface area contributed by atoms with Crippen LogP contribution in [0.15, 0.2) is 73.1 Å². The van der Waals surface area contributed by atoms with Crippen LogP contribution in [0.5, 0.6) is 0 Å². The third-order valence-electron chi connectivity index (χ3n) is 3.13. The molecule has 0 atom stereocenters. The van der Waals surface area contributed by atoms with Crippen molar-refractivity contribution in [1.82, 2.24) is 4.98 Å². The fourth-order valence-corrected chi connectivity index (χ4v) is 2.14. The van der Waals surface area contributed by atoms with E-state index in [2.05, 4.69) is 23.2 Å². The average Bonchev–Trinajstić information content (AvgIpc) is 2.49. The van der Waals surface area contributed by atoms with Crippen molar-refractivity contribution in [3.05, 3.63) is 73.1 Å². The highest BCUT2D eigenvalue weighted by atomic mass is 14.6. The molecule has 0 aliphatic rings. The van der Waals surface area contributed by atoms with Gasteiger partial charge in [0, 0.05) is 29.2 Å². The Bertz CT molecular complexity index is 676. The monoisotopic (exact) mass is 246 g/mol. The number of nitrogens with zero attached hydrogens (tertiary/aromatic N) is 1. The Labute approximate surface area is 112 Å². The molecule has 0 amide bonds. The molecule has 0 saturated heterocycles. The molecule has 0 bridgehead atoms. The van der Waals surface area contributed by atoms with Gasteiger partial charge in [0.15, 0.2) is 0 Å². The molecule has 0 unspecified atom stereocenters. The number of nitrogens with two attached hydrogens (primary N) is 1. The van der Waals surface area contributed by atoms with Crippen LogP contribution >= 0.6 is 0 Å². The molecule has 3 rings (SSSR count). The Morgan fingerprint density at radius 2 is 1.53 bits per heavy atom. The van der Waals surface area contributed by atoms with Crippen molar-refractivity contribution in [2.45, 2.75) is 0 Å². The van der Waals surface area contributed by atoms with Gasteiger partial charge in [-0.3, -0.25) is 4.98 Å². The van der Waals surface area contributed by atoms with Gasteiger partial charge in [0.1, 0.15) is 0 Å². The van der Waals surface area contributed by atoms with E-state index in [9.17, 15) is 0 Å². The standard InChI is InChI=1S/C17H14N2/c18-17-9-8-14(15-7-4-10-19-12-15)11-16(17)13-5-2-1-3-6-13/h1-12H,18H2. The molecule has 92 valence electrons. The van der Waals surface area contributed by atoms with Gasteiger partial charge in [-0.2, -0.15) is 0 Å². The number of benzene rings is 2. The Hall–Kier alpha value is -2.61. The van der Waals surface area contributed by atoms with Crippen LogP contribution in [-0.2, 0) is 0 Å². The van der Waals surface area contributed by atoms with E-state index < -0.39 is 0 Å². The molecule has 0 spiro atoms. The van der Waals surface area contributed by atoms with Crippen molar-refractivity contribution in [2.75, 3.05) is 5.73 Å². The minimum atomic E-state index is 0.791. The molecule has 2 heteroatoms. The van der Waals surface area contributed by atoms with E-state index >= 15 is 0 Å². The highest BCUT2D eigenvalue weighted by Gasteiger charge is 2.05. The van der Waals surface area contributed by atoms with Crippen LogP contribution < -0.4 is 5.73 Å². The van der Waals surface area contributed by atoms with Gasteiger partial charge in [0.2, 0.25) is 0 Å². The SMILES string of the molecule is Nc1ccc(-c2cccnc2)cc1-c1ccccc1. The molecule has 1 heterocycles. The first-order chi connectivity index (χ1) is 9.34. The summed E-state index contributed by atoms with van der Waals surface area (Å²) in [6, 6.07) is 20.3. The van der Waals surface area contributed by atoms with E-state index in [1.807, 2.05) is 48.7 Å². The van der Waals surface area contributed by atoms with Gasteiger partial charge in [-0.1, -0.05) is 42.5 Å². The molecule has 19 heavy (non-hydrogen) atoms. The summed E-state index contributed by atoms with van der Waals surface area (Å²) >= 11 is 0. The second-order valence-electron chi connectivity index (χ2n) is 4.41. The molecule has 0 saturated carbocycles. The van der Waals surface area contributed by atoms with Crippen LogP contribution in [0.3, 0.4) is 0 Å². The van der Waals surface area contributed by atoms with Gasteiger partial charge in [-0.25, -0.2) is 0 Å². The summed E-state index contributed by atoms with van der Waals surface area (Å²) in [5, 5.41) is 0. The summed E-state index contributed by atoms with van der Waals surface area (Å²) in [6.07, 6.45) is 3.64. The number of nitrogen functional groups attached to an aromatic ring is 1. The zero-order valence-corrected chi connectivity index (χ0v) is 10.5. The Balaban J connectivity index is 2.12. The molecular weight excluding hydrogens is 232 g/mol. The first-order valence-corrected chi connectivity index (χ1v) is 6.20. The topological polar surface area (TPSA) is 38.9 Å². The molecule has 2 nitrogen and oxygen atoms in total. The predicted molar refractivity (Wildman–Crippen MR) is 79.5 cm³/mol. The number of hydrogen-bond acceptors (Lipinski definition) is 2. The molecule has 0 fully saturated rings. The maximum Gasteiger partial charge on any atom is 0.0394 e. The van der Waals surface area contributed by atoms with Crippen molar-refractivity contribution < 1.29 is 0 Å². The normalized spacial score (nSPS) is 10.3. The van der Waals surface area contributed by atoms with Crippen LogP contribution in [0.4, 0.5) is 5.69 Å². The molecule has 0 aliphatic heterocycles. The van der Waals surface area contributed by atoms with Gasteiger partial charge in [-0.15, -0.1) is 0 Å². The van der Waals surface area contributed by atoms with Crippen molar-refractivity contribution >= 4 is 5.69 Å². The Morgan fingerprint density at radius 1 is 0.737 bits per heavy atom. The van der Waals surface area contributed by atoms with Gasteiger partial charge in [0.05, 0.1) is 0 Å². The third kappa shape index (κ3) is 2.33. The summed E-state index contributed by atoms with van der Waals surface area (Å²) in [6.45, 7) is 0. The van der Waals surface area contributed by atoms with Gasteiger partial charge >= 0.3 is 0 Å². The van der Waals surface area contributed by atoms with Crippen LogP contribution in [0.2, 0.25) is 0 Å². The smallest absolute Gasteiger partial charge is 0.0394 e. The van der Waals surface area contributed by atoms with E-state index in [1.165, 1.54) is 0 Å². The van der Waals surface area contributed by atoms with E-state index in [-0.39, 0.29) is 0 Å². The van der Waals surface area contributed by atoms with E-state index in [1.54, 1.807) is 6.20 Å². The maximum atomic E-state index is 6.08. The summed E-state index contributed by atoms with van der Waals surface area (Å²) in [4.78, 5) is 4.15. The van der Waals surface area contributed by atoms with Crippen molar-refractivity contribution in [3.63, 3.8) is 0 Å². The van der Waals surface area contributed by atoms with Crippen molar-refractivity contribution in [1.29, 1.82) is 0 Å². The number of aromatic nitrogens is 1. The first kappa shape index (κ1) is 11.5. The molecule has 2 N–H and O–H groups in total. The lowest BCUT2D eigenvalue weighted by Gasteiger charge is -2.09. The zero-order valence-electron chi connectivity index (χ0n) is 10.5. The lowest BCUT2D eigenvalue weighted by Crippen LogP contribution is -1.91. The zero-order chi connectivity index (χ0) is 13.1. The van der Waals surface area contributed by atoms with Gasteiger partial charge in [-0.05, 0) is 29.3 Å². The van der Waals surface area contributed by atoms with E-state index in [4.69, 9.17) is 5.73 Å². The summed E-state index contributed by atoms with van der Waals surface area (Å²) in [7, 11) is 0. The fourth-order valence-electron chi connectivity index (χ4n) is 2.14. The predicted octanol–water partition coefficient (Wildman–Crippen LogP) is 4.00. The molecule has 0 aliphatic carbocycles. The number of pyridine rings is 1. The molecule has 1 aromatic heterocycles. The quantitative estimate of drug-likeness (QED) is 0.694. The van der Waals surface area contributed by atoms with E-state index in [0.717, 1.165) is 27.9 Å². The second kappa shape index (κ2) is 4.94. The molecule has 3 aromatic rings. The van der Waals surface area contributed by atoms with Crippen LogP contribution in [0.25, 0.3) is 22.3 Å². The third-order valence-corrected chi connectivity index (χ3v) is 3.13. The number of rotatable bonds is 2. The average molecular weight is 246 g/mol. The number of hydrogen-bond donors (Lipinski definition) is 1. The number of anilines is 1. The van der Waals surface area contributed by atoms with Crippen molar-refractivity contribution in [2.24, 2.45) is 0 Å². The molecule has 2 aromatic carbocycles. The van der Waals surface area contributed by atoms with Crippen LogP contribution in [0, 0.1) is 0 Å². The van der Waals surface area contributed by atoms with E-state index in [0.29, 0.717) is 0 Å². The van der Waals surface area contributed by atoms with Crippen LogP contribution in [-0.4, -0.2) is 4.98 Å². The highest BCUT2D eigenvalue weighted by molar-refractivity contribution is 5.81. The summed E-state index contributed by atoms with van der Waals surface area (Å²) in [5.41, 5.74) is 11.3. The second-order valence-corrected chi connectivity index (χ2v) is 4.41. The highest BCUT2D eigenvalue weighted by Crippen LogP contribution is 2.30. The maximum absolute atomic E-state index is 6.08. The largest absolute Gasteiger partial charge is 0.398 e. The fraction of sp³-hybridized carbons (Fsp3) is 0.